The zero-order valence-electron chi connectivity index (χ0n) is 19.3. The predicted octanol–water partition coefficient (Wildman–Crippen LogP) is 4.75. The Morgan fingerprint density at radius 2 is 1.94 bits per heavy atom. The summed E-state index contributed by atoms with van der Waals surface area (Å²) in [6.07, 6.45) is 10.4. The summed E-state index contributed by atoms with van der Waals surface area (Å²) in [4.78, 5) is 13.6. The van der Waals surface area contributed by atoms with Crippen LogP contribution in [0.25, 0.3) is 11.4 Å². The summed E-state index contributed by atoms with van der Waals surface area (Å²) in [6, 6.07) is 5.28. The molecule has 0 saturated heterocycles. The van der Waals surface area contributed by atoms with Gasteiger partial charge in [-0.25, -0.2) is 9.97 Å². The van der Waals surface area contributed by atoms with Crippen molar-refractivity contribution in [2.75, 3.05) is 30.9 Å². The molecule has 1 atom stereocenters. The van der Waals surface area contributed by atoms with Crippen molar-refractivity contribution in [3.63, 3.8) is 0 Å². The number of methoxy groups -OCH3 is 1. The number of rotatable bonds is 10. The van der Waals surface area contributed by atoms with Crippen molar-refractivity contribution in [1.29, 1.82) is 0 Å². The summed E-state index contributed by atoms with van der Waals surface area (Å²) in [5.41, 5.74) is 2.89. The lowest BCUT2D eigenvalue weighted by molar-refractivity contribution is 0.161. The number of hydrogen-bond donors (Lipinski definition) is 3. The van der Waals surface area contributed by atoms with E-state index in [1.807, 2.05) is 12.1 Å². The highest BCUT2D eigenvalue weighted by atomic mass is 35.5. The van der Waals surface area contributed by atoms with Crippen LogP contribution in [0.1, 0.15) is 52.4 Å². The van der Waals surface area contributed by atoms with Crippen LogP contribution in [0.2, 0.25) is 5.02 Å². The van der Waals surface area contributed by atoms with Crippen molar-refractivity contribution in [3.8, 4) is 11.4 Å². The van der Waals surface area contributed by atoms with E-state index < -0.39 is 0 Å². The van der Waals surface area contributed by atoms with Crippen molar-refractivity contribution in [2.24, 2.45) is 5.41 Å². The van der Waals surface area contributed by atoms with E-state index in [1.54, 1.807) is 19.5 Å². The van der Waals surface area contributed by atoms with Crippen LogP contribution in [0.4, 0.5) is 11.6 Å². The third-order valence-corrected chi connectivity index (χ3v) is 6.84. The van der Waals surface area contributed by atoms with Gasteiger partial charge in [0.25, 0.3) is 0 Å². The van der Waals surface area contributed by atoms with Crippen LogP contribution in [-0.4, -0.2) is 53.3 Å². The number of hydrogen-bond acceptors (Lipinski definition) is 7. The van der Waals surface area contributed by atoms with Gasteiger partial charge in [-0.1, -0.05) is 18.5 Å². The van der Waals surface area contributed by atoms with E-state index in [0.717, 1.165) is 50.2 Å². The van der Waals surface area contributed by atoms with E-state index >= 15 is 0 Å². The summed E-state index contributed by atoms with van der Waals surface area (Å²) < 4.78 is 5.23. The summed E-state index contributed by atoms with van der Waals surface area (Å²) in [5.74, 6) is 0.610. The smallest absolute Gasteiger partial charge is 0.223 e. The average molecular weight is 459 g/mol. The van der Waals surface area contributed by atoms with E-state index in [-0.39, 0.29) is 0 Å². The summed E-state index contributed by atoms with van der Waals surface area (Å²) in [5, 5.41) is 11.2. The number of aromatic nitrogens is 3. The molecular formula is C24H35ClN6O. The Hall–Kier alpha value is -1.96. The van der Waals surface area contributed by atoms with Crippen molar-refractivity contribution < 1.29 is 4.74 Å². The molecule has 174 valence electrons. The Labute approximate surface area is 196 Å². The molecule has 1 unspecified atom stereocenters. The first-order valence-corrected chi connectivity index (χ1v) is 12.1. The Morgan fingerprint density at radius 3 is 2.66 bits per heavy atom. The van der Waals surface area contributed by atoms with Gasteiger partial charge in [0, 0.05) is 43.7 Å². The summed E-state index contributed by atoms with van der Waals surface area (Å²) in [7, 11) is 1.75. The monoisotopic (exact) mass is 458 g/mol. The Morgan fingerprint density at radius 1 is 1.19 bits per heavy atom. The van der Waals surface area contributed by atoms with Crippen molar-refractivity contribution in [1.82, 2.24) is 20.3 Å². The molecule has 0 bridgehead atoms. The minimum atomic E-state index is 0.361. The lowest BCUT2D eigenvalue weighted by Crippen LogP contribution is -2.43. The van der Waals surface area contributed by atoms with Crippen LogP contribution in [0.3, 0.4) is 0 Å². The molecule has 0 aromatic carbocycles. The maximum Gasteiger partial charge on any atom is 0.223 e. The fourth-order valence-electron chi connectivity index (χ4n) is 4.28. The molecular weight excluding hydrogens is 424 g/mol. The van der Waals surface area contributed by atoms with E-state index in [1.165, 1.54) is 12.8 Å². The van der Waals surface area contributed by atoms with Crippen LogP contribution < -0.4 is 16.0 Å². The standard InChI is InChI=1S/C24H35ClN6O/c1-16(14-32-3)29-17-4-6-18(7-5-17)30-23-27-13-20(25)22(31-23)21-12-19(8-11-26-21)28-15-24(2)9-10-24/h8,11-13,16-18,29H,4-7,9-10,14-15H2,1-3H3,(H,26,28)(H,27,30,31). The topological polar surface area (TPSA) is 84.0 Å². The predicted molar refractivity (Wildman–Crippen MR) is 130 cm³/mol. The Kier molecular flexibility index (Phi) is 7.48. The van der Waals surface area contributed by atoms with Gasteiger partial charge in [-0.05, 0) is 63.0 Å². The molecule has 8 heteroatoms. The first kappa shape index (κ1) is 23.2. The molecule has 2 aliphatic rings. The summed E-state index contributed by atoms with van der Waals surface area (Å²) in [6.45, 7) is 6.19. The maximum absolute atomic E-state index is 6.45. The van der Waals surface area contributed by atoms with Crippen LogP contribution in [0.5, 0.6) is 0 Å². The zero-order valence-corrected chi connectivity index (χ0v) is 20.1. The third-order valence-electron chi connectivity index (χ3n) is 6.57. The third kappa shape index (κ3) is 6.30. The molecule has 2 heterocycles. The minimum absolute atomic E-state index is 0.361. The van der Waals surface area contributed by atoms with Crippen LogP contribution in [0, 0.1) is 5.41 Å². The zero-order chi connectivity index (χ0) is 22.6. The van der Waals surface area contributed by atoms with Crippen LogP contribution in [-0.2, 0) is 4.74 Å². The van der Waals surface area contributed by atoms with Crippen molar-refractivity contribution >= 4 is 23.2 Å². The van der Waals surface area contributed by atoms with Crippen LogP contribution in [0.15, 0.2) is 24.5 Å². The number of ether oxygens (including phenoxy) is 1. The number of nitrogens with zero attached hydrogens (tertiary/aromatic N) is 3. The van der Waals surface area contributed by atoms with Gasteiger partial charge in [0.2, 0.25) is 5.95 Å². The van der Waals surface area contributed by atoms with E-state index in [9.17, 15) is 0 Å². The molecule has 2 fully saturated rings. The van der Waals surface area contributed by atoms with Gasteiger partial charge >= 0.3 is 0 Å². The van der Waals surface area contributed by atoms with Gasteiger partial charge in [0.1, 0.15) is 5.69 Å². The van der Waals surface area contributed by atoms with Crippen molar-refractivity contribution in [3.05, 3.63) is 29.5 Å². The molecule has 2 aliphatic carbocycles. The maximum atomic E-state index is 6.45. The second-order valence-corrected chi connectivity index (χ2v) is 10.1. The highest BCUT2D eigenvalue weighted by molar-refractivity contribution is 6.32. The first-order chi connectivity index (χ1) is 15.4. The SMILES string of the molecule is COCC(C)NC1CCC(Nc2ncc(Cl)c(-c3cc(NCC4(C)CC4)ccn3)n2)CC1. The second-order valence-electron chi connectivity index (χ2n) is 9.70. The van der Waals surface area contributed by atoms with Crippen molar-refractivity contribution in [2.45, 2.75) is 70.5 Å². The molecule has 0 amide bonds. The van der Waals surface area contributed by atoms with Gasteiger partial charge in [0.05, 0.1) is 23.5 Å². The molecule has 2 saturated carbocycles. The minimum Gasteiger partial charge on any atom is -0.384 e. The molecule has 3 N–H and O–H groups in total. The Bertz CT molecular complexity index is 898. The molecule has 2 aromatic heterocycles. The quantitative estimate of drug-likeness (QED) is 0.473. The fraction of sp³-hybridized carbons (Fsp3) is 0.625. The van der Waals surface area contributed by atoms with Gasteiger partial charge in [-0.15, -0.1) is 0 Å². The van der Waals surface area contributed by atoms with E-state index in [2.05, 4.69) is 39.8 Å². The van der Waals surface area contributed by atoms with Gasteiger partial charge < -0.3 is 20.7 Å². The van der Waals surface area contributed by atoms with Gasteiger partial charge in [-0.3, -0.25) is 4.98 Å². The number of anilines is 2. The molecule has 2 aromatic rings. The molecule has 32 heavy (non-hydrogen) atoms. The van der Waals surface area contributed by atoms with Gasteiger partial charge in [-0.2, -0.15) is 0 Å². The Balaban J connectivity index is 1.36. The average Bonchev–Trinajstić information content (AvgIpc) is 3.53. The second kappa shape index (κ2) is 10.3. The fourth-order valence-corrected chi connectivity index (χ4v) is 4.47. The van der Waals surface area contributed by atoms with Crippen LogP contribution >= 0.6 is 11.6 Å². The van der Waals surface area contributed by atoms with E-state index in [4.69, 9.17) is 21.3 Å². The number of halogens is 1. The molecule has 0 aliphatic heterocycles. The largest absolute Gasteiger partial charge is 0.384 e. The first-order valence-electron chi connectivity index (χ1n) is 11.7. The normalized spacial score (nSPS) is 22.9. The molecule has 0 radical (unpaired) electrons. The lowest BCUT2D eigenvalue weighted by atomic mass is 9.91. The highest BCUT2D eigenvalue weighted by Crippen LogP contribution is 2.44. The van der Waals surface area contributed by atoms with Gasteiger partial charge in [0.15, 0.2) is 0 Å². The molecule has 7 nitrogen and oxygen atoms in total. The molecule has 4 rings (SSSR count). The highest BCUT2D eigenvalue weighted by Gasteiger charge is 2.36. The van der Waals surface area contributed by atoms with E-state index in [0.29, 0.717) is 40.2 Å². The number of nitrogens with one attached hydrogen (secondary N) is 3. The molecule has 0 spiro atoms. The lowest BCUT2D eigenvalue weighted by Gasteiger charge is -2.31. The summed E-state index contributed by atoms with van der Waals surface area (Å²) >= 11 is 6.45. The number of pyridine rings is 1.